The molecule has 1 aromatic rings. The number of hydrogen-bond acceptors (Lipinski definition) is 2. The fourth-order valence-electron chi connectivity index (χ4n) is 2.48. The molecule has 1 aromatic carbocycles. The molecule has 2 rings (SSSR count). The van der Waals surface area contributed by atoms with Crippen molar-refractivity contribution in [2.45, 2.75) is 25.4 Å². The van der Waals surface area contributed by atoms with Gasteiger partial charge in [-0.15, -0.1) is 0 Å². The van der Waals surface area contributed by atoms with E-state index in [1.807, 2.05) is 29.2 Å². The number of nitrogens with zero attached hydrogens (tertiary/aromatic N) is 2. The predicted octanol–water partition coefficient (Wildman–Crippen LogP) is 2.01. The van der Waals surface area contributed by atoms with Crippen LogP contribution in [0.4, 0.5) is 0 Å². The van der Waals surface area contributed by atoms with E-state index >= 15 is 0 Å². The number of carbonyl (C=O) groups excluding carboxylic acids is 1. The molecule has 1 atom stereocenters. The van der Waals surface area contributed by atoms with E-state index in [1.54, 1.807) is 11.9 Å². The molecule has 1 saturated heterocycles. The minimum absolute atomic E-state index is 0.0604. The van der Waals surface area contributed by atoms with Gasteiger partial charge >= 0.3 is 0 Å². The molecular weight excluding hydrogens is 294 g/mol. The van der Waals surface area contributed by atoms with Gasteiger partial charge in [-0.05, 0) is 42.8 Å². The minimum atomic E-state index is -0.218. The Bertz CT molecular complexity index is 506. The third-order valence-corrected chi connectivity index (χ3v) is 4.02. The molecule has 4 nitrogen and oxygen atoms in total. The SMILES string of the molecule is CN(Cc1ccc(Cl)cc1)C(=O)[C@H]1CCCN1C(N)=S. The van der Waals surface area contributed by atoms with Crippen molar-refractivity contribution in [1.29, 1.82) is 0 Å². The topological polar surface area (TPSA) is 49.6 Å². The molecule has 1 amide bonds. The molecule has 0 unspecified atom stereocenters. The average molecular weight is 312 g/mol. The average Bonchev–Trinajstić information content (AvgIpc) is 2.90. The number of benzene rings is 1. The van der Waals surface area contributed by atoms with Gasteiger partial charge in [0.05, 0.1) is 0 Å². The second-order valence-electron chi connectivity index (χ2n) is 5.01. The number of halogens is 1. The molecule has 0 radical (unpaired) electrons. The van der Waals surface area contributed by atoms with Crippen LogP contribution in [0, 0.1) is 0 Å². The van der Waals surface area contributed by atoms with Gasteiger partial charge in [0.1, 0.15) is 6.04 Å². The molecule has 0 aliphatic carbocycles. The number of hydrogen-bond donors (Lipinski definition) is 1. The summed E-state index contributed by atoms with van der Waals surface area (Å²) in [6.07, 6.45) is 1.75. The van der Waals surface area contributed by atoms with Crippen molar-refractivity contribution in [3.63, 3.8) is 0 Å². The zero-order valence-corrected chi connectivity index (χ0v) is 13.0. The van der Waals surface area contributed by atoms with Gasteiger partial charge in [0, 0.05) is 25.2 Å². The van der Waals surface area contributed by atoms with Gasteiger partial charge in [0.25, 0.3) is 0 Å². The third kappa shape index (κ3) is 3.41. The van der Waals surface area contributed by atoms with Crippen LogP contribution in [-0.2, 0) is 11.3 Å². The highest BCUT2D eigenvalue weighted by Gasteiger charge is 2.33. The van der Waals surface area contributed by atoms with Crippen molar-refractivity contribution in [3.8, 4) is 0 Å². The van der Waals surface area contributed by atoms with E-state index in [4.69, 9.17) is 29.6 Å². The van der Waals surface area contributed by atoms with Crippen LogP contribution in [0.1, 0.15) is 18.4 Å². The summed E-state index contributed by atoms with van der Waals surface area (Å²) in [7, 11) is 1.80. The van der Waals surface area contributed by atoms with Crippen LogP contribution in [0.5, 0.6) is 0 Å². The Hall–Kier alpha value is -1.33. The molecule has 2 N–H and O–H groups in total. The van der Waals surface area contributed by atoms with E-state index in [2.05, 4.69) is 0 Å². The van der Waals surface area contributed by atoms with Crippen molar-refractivity contribution in [2.75, 3.05) is 13.6 Å². The molecule has 1 heterocycles. The summed E-state index contributed by atoms with van der Waals surface area (Å²) in [6.45, 7) is 1.32. The molecule has 1 fully saturated rings. The number of likely N-dealkylation sites (N-methyl/N-ethyl adjacent to an activating group) is 1. The second-order valence-corrected chi connectivity index (χ2v) is 5.87. The van der Waals surface area contributed by atoms with Gasteiger partial charge in [0.15, 0.2) is 5.11 Å². The Morgan fingerprint density at radius 3 is 2.75 bits per heavy atom. The van der Waals surface area contributed by atoms with Crippen LogP contribution >= 0.6 is 23.8 Å². The standard InChI is InChI=1S/C14H18ClN3OS/c1-17(9-10-4-6-11(15)7-5-10)13(19)12-3-2-8-18(12)14(16)20/h4-7,12H,2-3,8-9H2,1H3,(H2,16,20)/t12-/m1/s1. The number of likely N-dealkylation sites (tertiary alicyclic amines) is 1. The van der Waals surface area contributed by atoms with Crippen LogP contribution in [0.15, 0.2) is 24.3 Å². The first kappa shape index (κ1) is 15.1. The number of nitrogens with two attached hydrogens (primary N) is 1. The first-order chi connectivity index (χ1) is 9.49. The molecule has 1 aliphatic rings. The van der Waals surface area contributed by atoms with E-state index in [1.165, 1.54) is 0 Å². The van der Waals surface area contributed by atoms with Crippen molar-refractivity contribution < 1.29 is 4.79 Å². The van der Waals surface area contributed by atoms with Crippen LogP contribution in [0.2, 0.25) is 5.02 Å². The lowest BCUT2D eigenvalue weighted by atomic mass is 10.1. The molecule has 0 aromatic heterocycles. The van der Waals surface area contributed by atoms with Crippen LogP contribution in [0.25, 0.3) is 0 Å². The lowest BCUT2D eigenvalue weighted by molar-refractivity contribution is -0.134. The fourth-order valence-corrected chi connectivity index (χ4v) is 2.83. The molecule has 1 aliphatic heterocycles. The summed E-state index contributed by atoms with van der Waals surface area (Å²) >= 11 is 10.9. The van der Waals surface area contributed by atoms with Crippen LogP contribution in [-0.4, -0.2) is 40.5 Å². The van der Waals surface area contributed by atoms with E-state index in [-0.39, 0.29) is 11.9 Å². The van der Waals surface area contributed by atoms with E-state index in [0.717, 1.165) is 24.9 Å². The van der Waals surface area contributed by atoms with Crippen molar-refractivity contribution in [3.05, 3.63) is 34.9 Å². The van der Waals surface area contributed by atoms with E-state index in [0.29, 0.717) is 16.7 Å². The van der Waals surface area contributed by atoms with Gasteiger partial charge < -0.3 is 15.5 Å². The van der Waals surface area contributed by atoms with Gasteiger partial charge in [-0.1, -0.05) is 23.7 Å². The van der Waals surface area contributed by atoms with E-state index < -0.39 is 0 Å². The summed E-state index contributed by atoms with van der Waals surface area (Å²) in [4.78, 5) is 16.0. The van der Waals surface area contributed by atoms with Gasteiger partial charge in [0.2, 0.25) is 5.91 Å². The summed E-state index contributed by atoms with van der Waals surface area (Å²) in [6, 6.07) is 7.28. The summed E-state index contributed by atoms with van der Waals surface area (Å²) in [5, 5.41) is 0.999. The van der Waals surface area contributed by atoms with Crippen LogP contribution < -0.4 is 5.73 Å². The second kappa shape index (κ2) is 6.41. The zero-order valence-electron chi connectivity index (χ0n) is 11.4. The highest BCUT2D eigenvalue weighted by Crippen LogP contribution is 2.20. The normalized spacial score (nSPS) is 18.1. The quantitative estimate of drug-likeness (QED) is 0.868. The highest BCUT2D eigenvalue weighted by atomic mass is 35.5. The Balaban J connectivity index is 2.01. The fraction of sp³-hybridized carbons (Fsp3) is 0.429. The Morgan fingerprint density at radius 2 is 2.15 bits per heavy atom. The monoisotopic (exact) mass is 311 g/mol. The van der Waals surface area contributed by atoms with E-state index in [9.17, 15) is 4.79 Å². The molecular formula is C14H18ClN3OS. The van der Waals surface area contributed by atoms with Crippen molar-refractivity contribution >= 4 is 34.8 Å². The molecule has 0 bridgehead atoms. The maximum atomic E-state index is 12.5. The molecule has 108 valence electrons. The smallest absolute Gasteiger partial charge is 0.245 e. The highest BCUT2D eigenvalue weighted by molar-refractivity contribution is 7.80. The summed E-state index contributed by atoms with van der Waals surface area (Å²) in [5.74, 6) is 0.0604. The summed E-state index contributed by atoms with van der Waals surface area (Å²) in [5.41, 5.74) is 6.71. The largest absolute Gasteiger partial charge is 0.376 e. The predicted molar refractivity (Wildman–Crippen MR) is 84.4 cm³/mol. The first-order valence-electron chi connectivity index (χ1n) is 6.54. The minimum Gasteiger partial charge on any atom is -0.376 e. The number of thiocarbonyl (C=S) groups is 1. The lowest BCUT2D eigenvalue weighted by Crippen LogP contribution is -2.48. The molecule has 20 heavy (non-hydrogen) atoms. The van der Waals surface area contributed by atoms with Crippen LogP contribution in [0.3, 0.4) is 0 Å². The maximum absolute atomic E-state index is 12.5. The maximum Gasteiger partial charge on any atom is 0.245 e. The molecule has 0 spiro atoms. The van der Waals surface area contributed by atoms with Gasteiger partial charge in [-0.3, -0.25) is 4.79 Å². The Labute approximate surface area is 129 Å². The van der Waals surface area contributed by atoms with Crippen molar-refractivity contribution in [1.82, 2.24) is 9.80 Å². The van der Waals surface area contributed by atoms with Gasteiger partial charge in [-0.2, -0.15) is 0 Å². The lowest BCUT2D eigenvalue weighted by Gasteiger charge is -2.28. The number of amides is 1. The molecule has 0 saturated carbocycles. The Morgan fingerprint density at radius 1 is 1.50 bits per heavy atom. The summed E-state index contributed by atoms with van der Waals surface area (Å²) < 4.78 is 0. The van der Waals surface area contributed by atoms with Gasteiger partial charge in [-0.25, -0.2) is 0 Å². The first-order valence-corrected chi connectivity index (χ1v) is 7.33. The zero-order chi connectivity index (χ0) is 14.7. The van der Waals surface area contributed by atoms with Crippen molar-refractivity contribution in [2.24, 2.45) is 5.73 Å². The number of carbonyl (C=O) groups is 1. The Kier molecular flexibility index (Phi) is 4.83. The third-order valence-electron chi connectivity index (χ3n) is 3.53. The molecule has 6 heteroatoms. The number of rotatable bonds is 3.